The number of hydrogen-bond donors (Lipinski definition) is 1. The number of nitrogens with zero attached hydrogens (tertiary/aromatic N) is 4. The minimum atomic E-state index is -3.91. The number of benzene rings is 2. The van der Waals surface area contributed by atoms with E-state index in [0.29, 0.717) is 42.6 Å². The molecule has 170 valence electrons. The van der Waals surface area contributed by atoms with E-state index in [0.717, 1.165) is 0 Å². The monoisotopic (exact) mass is 461 g/mol. The van der Waals surface area contributed by atoms with Crippen LogP contribution in [0.25, 0.3) is 11.0 Å². The lowest BCUT2D eigenvalue weighted by Gasteiger charge is -2.23. The molecule has 1 N–H and O–H groups in total. The molecular weight excluding hydrogens is 437 g/mol. The first-order chi connectivity index (χ1) is 15.4. The fourth-order valence-electron chi connectivity index (χ4n) is 3.83. The predicted octanol–water partition coefficient (Wildman–Crippen LogP) is 1.69. The molecule has 1 unspecified atom stereocenters. The Kier molecular flexibility index (Phi) is 6.49. The maximum Gasteiger partial charge on any atom is 0.243 e. The molecule has 3 aromatic rings. The third-order valence-electron chi connectivity index (χ3n) is 5.46. The second kappa shape index (κ2) is 9.31. The van der Waals surface area contributed by atoms with Gasteiger partial charge in [0.1, 0.15) is 17.4 Å². The van der Waals surface area contributed by atoms with Gasteiger partial charge in [-0.3, -0.25) is 4.79 Å². The fourth-order valence-corrected chi connectivity index (χ4v) is 5.51. The van der Waals surface area contributed by atoms with Crippen LogP contribution in [0.2, 0.25) is 0 Å². The van der Waals surface area contributed by atoms with E-state index in [4.69, 9.17) is 4.74 Å². The normalized spacial score (nSPS) is 17.1. The number of nitrogens with one attached hydrogen (secondary N) is 1. The van der Waals surface area contributed by atoms with E-state index in [2.05, 4.69) is 15.6 Å². The van der Waals surface area contributed by atoms with Crippen LogP contribution in [0.15, 0.2) is 47.4 Å². The van der Waals surface area contributed by atoms with Crippen LogP contribution in [0.4, 0.5) is 4.39 Å². The van der Waals surface area contributed by atoms with Crippen molar-refractivity contribution in [2.45, 2.75) is 36.9 Å². The van der Waals surface area contributed by atoms with E-state index < -0.39 is 27.8 Å². The summed E-state index contributed by atoms with van der Waals surface area (Å²) in [7, 11) is -2.32. The number of amides is 1. The number of hydrogen-bond acceptors (Lipinski definition) is 6. The van der Waals surface area contributed by atoms with Gasteiger partial charge < -0.3 is 10.1 Å². The lowest BCUT2D eigenvalue weighted by Crippen LogP contribution is -2.45. The fraction of sp³-hybridized carbons (Fsp3) is 0.381. The number of methoxy groups -OCH3 is 1. The van der Waals surface area contributed by atoms with Crippen molar-refractivity contribution in [2.75, 3.05) is 20.3 Å². The number of ether oxygens (including phenoxy) is 1. The molecular formula is C21H24FN5O4S. The molecule has 1 aliphatic heterocycles. The zero-order chi connectivity index (χ0) is 22.7. The molecule has 0 saturated carbocycles. The molecule has 0 radical (unpaired) electrons. The van der Waals surface area contributed by atoms with Crippen LogP contribution in [0.1, 0.15) is 18.4 Å². The number of fused-ring (bicyclic) bond motifs is 1. The van der Waals surface area contributed by atoms with E-state index in [9.17, 15) is 17.6 Å². The highest BCUT2D eigenvalue weighted by molar-refractivity contribution is 7.89. The molecule has 2 aromatic carbocycles. The number of rotatable bonds is 8. The Morgan fingerprint density at radius 3 is 2.91 bits per heavy atom. The molecule has 1 aromatic heterocycles. The summed E-state index contributed by atoms with van der Waals surface area (Å²) < 4.78 is 47.9. The van der Waals surface area contributed by atoms with E-state index in [1.165, 1.54) is 28.6 Å². The zero-order valence-electron chi connectivity index (χ0n) is 17.6. The molecule has 1 aliphatic rings. The molecule has 4 rings (SSSR count). The maximum atomic E-state index is 13.4. The molecule has 1 saturated heterocycles. The van der Waals surface area contributed by atoms with Crippen LogP contribution in [0.5, 0.6) is 0 Å². The number of aromatic nitrogens is 3. The van der Waals surface area contributed by atoms with Gasteiger partial charge in [-0.1, -0.05) is 17.3 Å². The van der Waals surface area contributed by atoms with E-state index in [1.54, 1.807) is 30.0 Å². The van der Waals surface area contributed by atoms with Gasteiger partial charge in [-0.2, -0.15) is 4.31 Å². The topological polar surface area (TPSA) is 106 Å². The molecule has 0 aliphatic carbocycles. The molecule has 9 nitrogen and oxygen atoms in total. The van der Waals surface area contributed by atoms with Crippen molar-refractivity contribution in [1.29, 1.82) is 0 Å². The van der Waals surface area contributed by atoms with Gasteiger partial charge in [0.2, 0.25) is 15.9 Å². The first-order valence-corrected chi connectivity index (χ1v) is 11.7. The van der Waals surface area contributed by atoms with Crippen molar-refractivity contribution < 1.29 is 22.3 Å². The lowest BCUT2D eigenvalue weighted by atomic mass is 10.2. The average molecular weight is 462 g/mol. The summed E-state index contributed by atoms with van der Waals surface area (Å²) in [6.07, 6.45) is 0.996. The van der Waals surface area contributed by atoms with E-state index in [1.807, 2.05) is 0 Å². The third-order valence-corrected chi connectivity index (χ3v) is 7.37. The number of sulfonamides is 1. The molecule has 1 fully saturated rings. The Balaban J connectivity index is 1.51. The largest absolute Gasteiger partial charge is 0.383 e. The van der Waals surface area contributed by atoms with Crippen LogP contribution in [0, 0.1) is 5.82 Å². The van der Waals surface area contributed by atoms with Crippen molar-refractivity contribution in [2.24, 2.45) is 0 Å². The van der Waals surface area contributed by atoms with Crippen LogP contribution in [-0.4, -0.2) is 59.9 Å². The van der Waals surface area contributed by atoms with Crippen molar-refractivity contribution in [1.82, 2.24) is 24.6 Å². The van der Waals surface area contributed by atoms with Gasteiger partial charge in [0.05, 0.1) is 23.6 Å². The SMILES string of the molecule is COCCn1nnc2cc(S(=O)(=O)N3CCCC3C(=O)NCc3cccc(F)c3)ccc21. The molecule has 32 heavy (non-hydrogen) atoms. The Labute approximate surface area is 185 Å². The van der Waals surface area contributed by atoms with E-state index in [-0.39, 0.29) is 18.0 Å². The summed E-state index contributed by atoms with van der Waals surface area (Å²) in [6, 6.07) is 9.73. The molecule has 1 atom stereocenters. The maximum absolute atomic E-state index is 13.4. The van der Waals surface area contributed by atoms with E-state index >= 15 is 0 Å². The van der Waals surface area contributed by atoms with Gasteiger partial charge in [0.25, 0.3) is 0 Å². The van der Waals surface area contributed by atoms with Gasteiger partial charge in [-0.05, 0) is 48.7 Å². The van der Waals surface area contributed by atoms with Gasteiger partial charge in [0.15, 0.2) is 0 Å². The van der Waals surface area contributed by atoms with Crippen LogP contribution in [0.3, 0.4) is 0 Å². The predicted molar refractivity (Wildman–Crippen MR) is 115 cm³/mol. The Bertz CT molecular complexity index is 1230. The number of carbonyl (C=O) groups excluding carboxylic acids is 1. The highest BCUT2D eigenvalue weighted by Gasteiger charge is 2.39. The molecule has 0 spiro atoms. The molecule has 2 heterocycles. The standard InChI is InChI=1S/C21H24FN5O4S/c1-31-11-10-26-19-8-7-17(13-18(19)24-25-26)32(29,30)27-9-3-6-20(27)21(28)23-14-15-4-2-5-16(22)12-15/h2,4-5,7-8,12-13,20H,3,6,9-11,14H2,1H3,(H,23,28). The lowest BCUT2D eigenvalue weighted by molar-refractivity contribution is -0.124. The summed E-state index contributed by atoms with van der Waals surface area (Å²) in [5.74, 6) is -0.793. The summed E-state index contributed by atoms with van der Waals surface area (Å²) in [5.41, 5.74) is 1.76. The molecule has 1 amide bonds. The summed E-state index contributed by atoms with van der Waals surface area (Å²) in [4.78, 5) is 12.8. The number of carbonyl (C=O) groups is 1. The van der Waals surface area contributed by atoms with Gasteiger partial charge in [-0.25, -0.2) is 17.5 Å². The molecule has 0 bridgehead atoms. The Morgan fingerprint density at radius 2 is 2.12 bits per heavy atom. The summed E-state index contributed by atoms with van der Waals surface area (Å²) in [6.45, 7) is 1.33. The van der Waals surface area contributed by atoms with Gasteiger partial charge >= 0.3 is 0 Å². The smallest absolute Gasteiger partial charge is 0.243 e. The second-order valence-electron chi connectivity index (χ2n) is 7.58. The van der Waals surface area contributed by atoms with Crippen molar-refractivity contribution >= 4 is 27.0 Å². The molecule has 11 heteroatoms. The van der Waals surface area contributed by atoms with Crippen LogP contribution < -0.4 is 5.32 Å². The van der Waals surface area contributed by atoms with Crippen molar-refractivity contribution in [3.05, 3.63) is 53.8 Å². The van der Waals surface area contributed by atoms with Crippen molar-refractivity contribution in [3.63, 3.8) is 0 Å². The quantitative estimate of drug-likeness (QED) is 0.547. The summed E-state index contributed by atoms with van der Waals surface area (Å²) >= 11 is 0. The first kappa shape index (κ1) is 22.3. The Hall–Kier alpha value is -2.89. The second-order valence-corrected chi connectivity index (χ2v) is 9.47. The first-order valence-electron chi connectivity index (χ1n) is 10.3. The summed E-state index contributed by atoms with van der Waals surface area (Å²) in [5, 5.41) is 10.8. The highest BCUT2D eigenvalue weighted by Crippen LogP contribution is 2.28. The average Bonchev–Trinajstić information content (AvgIpc) is 3.43. The minimum absolute atomic E-state index is 0.0635. The zero-order valence-corrected chi connectivity index (χ0v) is 18.4. The van der Waals surface area contributed by atoms with Crippen LogP contribution in [-0.2, 0) is 32.6 Å². The van der Waals surface area contributed by atoms with Crippen LogP contribution >= 0.6 is 0 Å². The van der Waals surface area contributed by atoms with Gasteiger partial charge in [-0.15, -0.1) is 5.10 Å². The minimum Gasteiger partial charge on any atom is -0.383 e. The Morgan fingerprint density at radius 1 is 1.28 bits per heavy atom. The third kappa shape index (κ3) is 4.50. The van der Waals surface area contributed by atoms with Crippen molar-refractivity contribution in [3.8, 4) is 0 Å². The highest BCUT2D eigenvalue weighted by atomic mass is 32.2. The van der Waals surface area contributed by atoms with Gasteiger partial charge in [0, 0.05) is 20.2 Å². The number of halogens is 1.